The quantitative estimate of drug-likeness (QED) is 0.787. The monoisotopic (exact) mass is 321 g/mol. The van der Waals surface area contributed by atoms with Crippen LogP contribution in [-0.4, -0.2) is 25.8 Å². The number of carbonyl (C=O) groups is 1. The van der Waals surface area contributed by atoms with Crippen molar-refractivity contribution in [3.05, 3.63) is 48.4 Å². The van der Waals surface area contributed by atoms with Gasteiger partial charge in [-0.05, 0) is 38.0 Å². The third kappa shape index (κ3) is 2.25. The smallest absolute Gasteiger partial charge is 0.229 e. The van der Waals surface area contributed by atoms with Crippen molar-refractivity contribution in [3.63, 3.8) is 0 Å². The average molecular weight is 321 g/mol. The molecule has 120 valence electrons. The highest BCUT2D eigenvalue weighted by Gasteiger charge is 2.52. The highest BCUT2D eigenvalue weighted by molar-refractivity contribution is 5.89. The molecule has 3 aromatic heterocycles. The average Bonchev–Trinajstić information content (AvgIpc) is 3.22. The van der Waals surface area contributed by atoms with Gasteiger partial charge in [-0.15, -0.1) is 0 Å². The number of primary amides is 1. The van der Waals surface area contributed by atoms with E-state index in [9.17, 15) is 4.79 Å². The first kappa shape index (κ1) is 14.5. The van der Waals surface area contributed by atoms with Gasteiger partial charge in [-0.3, -0.25) is 9.78 Å². The first-order valence-corrected chi connectivity index (χ1v) is 7.61. The van der Waals surface area contributed by atoms with Gasteiger partial charge in [0.15, 0.2) is 5.76 Å². The van der Waals surface area contributed by atoms with Crippen molar-refractivity contribution >= 4 is 5.91 Å². The van der Waals surface area contributed by atoms with E-state index in [1.165, 1.54) is 0 Å². The molecule has 4 rings (SSSR count). The van der Waals surface area contributed by atoms with Crippen molar-refractivity contribution in [2.75, 3.05) is 0 Å². The molecule has 1 saturated carbocycles. The largest absolute Gasteiger partial charge is 0.463 e. The Balaban J connectivity index is 1.90. The van der Waals surface area contributed by atoms with Crippen LogP contribution in [0.2, 0.25) is 0 Å². The van der Waals surface area contributed by atoms with E-state index < -0.39 is 5.41 Å². The number of hydrogen-bond donors (Lipinski definition) is 1. The lowest BCUT2D eigenvalue weighted by Crippen LogP contribution is -2.29. The molecule has 0 spiro atoms. The zero-order valence-electron chi connectivity index (χ0n) is 13.1. The molecule has 0 unspecified atom stereocenters. The van der Waals surface area contributed by atoms with Crippen LogP contribution in [0.1, 0.15) is 24.4 Å². The molecule has 3 heterocycles. The molecular formula is C17H15N5O2. The van der Waals surface area contributed by atoms with Crippen LogP contribution in [0, 0.1) is 6.92 Å². The Labute approximate surface area is 138 Å². The van der Waals surface area contributed by atoms with E-state index in [0.717, 1.165) is 0 Å². The van der Waals surface area contributed by atoms with Crippen molar-refractivity contribution in [2.45, 2.75) is 25.2 Å². The summed E-state index contributed by atoms with van der Waals surface area (Å²) in [7, 11) is 0. The van der Waals surface area contributed by atoms with Crippen molar-refractivity contribution in [3.8, 4) is 22.8 Å². The maximum atomic E-state index is 11.8. The Morgan fingerprint density at radius 2 is 2.04 bits per heavy atom. The lowest BCUT2D eigenvalue weighted by Gasteiger charge is -2.13. The molecule has 0 aliphatic heterocycles. The Hall–Kier alpha value is -3.09. The van der Waals surface area contributed by atoms with Gasteiger partial charge in [-0.2, -0.15) is 0 Å². The maximum absolute atomic E-state index is 11.8. The molecule has 0 radical (unpaired) electrons. The summed E-state index contributed by atoms with van der Waals surface area (Å²) < 4.78 is 5.50. The van der Waals surface area contributed by atoms with E-state index in [2.05, 4.69) is 19.9 Å². The van der Waals surface area contributed by atoms with Gasteiger partial charge in [0.1, 0.15) is 17.2 Å². The summed E-state index contributed by atoms with van der Waals surface area (Å²) in [6.45, 7) is 1.81. The van der Waals surface area contributed by atoms with E-state index in [1.807, 2.05) is 6.92 Å². The number of furan rings is 1. The highest BCUT2D eigenvalue weighted by atomic mass is 16.3. The standard InChI is InChI=1S/C17H15N5O2/c1-10-19-7-4-11(21-10)14-15(12-3-2-8-24-12)22-13(9-20-14)17(5-6-17)16(18)23/h2-4,7-9H,5-6H2,1H3,(H2,18,23). The predicted molar refractivity (Wildman–Crippen MR) is 85.6 cm³/mol. The zero-order valence-corrected chi connectivity index (χ0v) is 13.1. The molecule has 3 aromatic rings. The van der Waals surface area contributed by atoms with Gasteiger partial charge in [0.05, 0.1) is 29.3 Å². The molecule has 1 amide bonds. The molecule has 0 atom stereocenters. The van der Waals surface area contributed by atoms with Gasteiger partial charge in [-0.25, -0.2) is 15.0 Å². The van der Waals surface area contributed by atoms with Crippen LogP contribution in [0.3, 0.4) is 0 Å². The van der Waals surface area contributed by atoms with Crippen LogP contribution < -0.4 is 5.73 Å². The van der Waals surface area contributed by atoms with Crippen LogP contribution >= 0.6 is 0 Å². The van der Waals surface area contributed by atoms with Gasteiger partial charge in [0.25, 0.3) is 0 Å². The number of carbonyl (C=O) groups excluding carboxylic acids is 1. The minimum atomic E-state index is -0.700. The highest BCUT2D eigenvalue weighted by Crippen LogP contribution is 2.47. The van der Waals surface area contributed by atoms with Crippen molar-refractivity contribution < 1.29 is 9.21 Å². The summed E-state index contributed by atoms with van der Waals surface area (Å²) in [4.78, 5) is 29.5. The fraction of sp³-hybridized carbons (Fsp3) is 0.235. The fourth-order valence-corrected chi connectivity index (χ4v) is 2.73. The molecule has 7 heteroatoms. The number of nitrogens with zero attached hydrogens (tertiary/aromatic N) is 4. The van der Waals surface area contributed by atoms with Crippen molar-refractivity contribution in [2.24, 2.45) is 5.73 Å². The summed E-state index contributed by atoms with van der Waals surface area (Å²) in [6.07, 6.45) is 6.24. The Morgan fingerprint density at radius 3 is 2.67 bits per heavy atom. The summed E-state index contributed by atoms with van der Waals surface area (Å²) in [5.41, 5.74) is 7.21. The maximum Gasteiger partial charge on any atom is 0.229 e. The molecular weight excluding hydrogens is 306 g/mol. The molecule has 2 N–H and O–H groups in total. The number of hydrogen-bond acceptors (Lipinski definition) is 6. The number of aromatic nitrogens is 4. The second-order valence-corrected chi connectivity index (χ2v) is 5.87. The lowest BCUT2D eigenvalue weighted by molar-refractivity contribution is -0.120. The van der Waals surface area contributed by atoms with Crippen molar-refractivity contribution in [1.82, 2.24) is 19.9 Å². The molecule has 7 nitrogen and oxygen atoms in total. The van der Waals surface area contributed by atoms with Crippen molar-refractivity contribution in [1.29, 1.82) is 0 Å². The summed E-state index contributed by atoms with van der Waals surface area (Å²) in [6, 6.07) is 5.35. The molecule has 1 aliphatic carbocycles. The van der Waals surface area contributed by atoms with Gasteiger partial charge >= 0.3 is 0 Å². The van der Waals surface area contributed by atoms with Crippen LogP contribution in [0.25, 0.3) is 22.8 Å². The SMILES string of the molecule is Cc1nccc(-c2ncc(C3(C(N)=O)CC3)nc2-c2ccco2)n1. The van der Waals surface area contributed by atoms with E-state index in [0.29, 0.717) is 47.2 Å². The molecule has 0 bridgehead atoms. The Bertz CT molecular complexity index is 916. The van der Waals surface area contributed by atoms with Crippen LogP contribution in [0.4, 0.5) is 0 Å². The van der Waals surface area contributed by atoms with Gasteiger partial charge < -0.3 is 10.2 Å². The molecule has 0 saturated heterocycles. The van der Waals surface area contributed by atoms with Crippen LogP contribution in [0.15, 0.2) is 41.3 Å². The third-order valence-electron chi connectivity index (χ3n) is 4.26. The second kappa shape index (κ2) is 5.23. The minimum absolute atomic E-state index is 0.368. The minimum Gasteiger partial charge on any atom is -0.463 e. The molecule has 1 fully saturated rings. The summed E-state index contributed by atoms with van der Waals surface area (Å²) >= 11 is 0. The first-order valence-electron chi connectivity index (χ1n) is 7.61. The molecule has 1 aliphatic rings. The van der Waals surface area contributed by atoms with Crippen LogP contribution in [-0.2, 0) is 10.2 Å². The van der Waals surface area contributed by atoms with E-state index in [4.69, 9.17) is 10.2 Å². The topological polar surface area (TPSA) is 108 Å². The van der Waals surface area contributed by atoms with Gasteiger partial charge in [0.2, 0.25) is 5.91 Å². The number of nitrogens with two attached hydrogens (primary N) is 1. The second-order valence-electron chi connectivity index (χ2n) is 5.87. The molecule has 0 aromatic carbocycles. The van der Waals surface area contributed by atoms with Gasteiger partial charge in [0, 0.05) is 6.20 Å². The summed E-state index contributed by atoms with van der Waals surface area (Å²) in [5, 5.41) is 0. The van der Waals surface area contributed by atoms with Gasteiger partial charge in [-0.1, -0.05) is 0 Å². The fourth-order valence-electron chi connectivity index (χ4n) is 2.73. The van der Waals surface area contributed by atoms with E-state index in [1.54, 1.807) is 36.9 Å². The lowest BCUT2D eigenvalue weighted by atomic mass is 10.0. The number of aryl methyl sites for hydroxylation is 1. The number of amides is 1. The van der Waals surface area contributed by atoms with E-state index >= 15 is 0 Å². The van der Waals surface area contributed by atoms with E-state index in [-0.39, 0.29) is 5.91 Å². The zero-order chi connectivity index (χ0) is 16.7. The van der Waals surface area contributed by atoms with Crippen LogP contribution in [0.5, 0.6) is 0 Å². The Kier molecular flexibility index (Phi) is 3.16. The normalized spacial score (nSPS) is 15.2. The first-order chi connectivity index (χ1) is 11.6. The third-order valence-corrected chi connectivity index (χ3v) is 4.26. The predicted octanol–water partition coefficient (Wildman–Crippen LogP) is 2.02. The number of rotatable bonds is 4. The molecule has 24 heavy (non-hydrogen) atoms. The summed E-state index contributed by atoms with van der Waals surface area (Å²) in [5.74, 6) is 0.836. The Morgan fingerprint density at radius 1 is 1.21 bits per heavy atom.